The molecule has 34 heavy (non-hydrogen) atoms. The lowest BCUT2D eigenvalue weighted by molar-refractivity contribution is -0.130. The van der Waals surface area contributed by atoms with Crippen molar-refractivity contribution in [3.63, 3.8) is 0 Å². The van der Waals surface area contributed by atoms with Crippen molar-refractivity contribution in [1.29, 1.82) is 5.26 Å². The zero-order chi connectivity index (χ0) is 24.7. The first-order valence-electron chi connectivity index (χ1n) is 11.2. The molecule has 0 unspecified atom stereocenters. The summed E-state index contributed by atoms with van der Waals surface area (Å²) in [6.45, 7) is 3.52. The summed E-state index contributed by atoms with van der Waals surface area (Å²) in [5.41, 5.74) is 1.07. The van der Waals surface area contributed by atoms with Gasteiger partial charge in [0, 0.05) is 0 Å². The molecule has 0 aliphatic heterocycles. The van der Waals surface area contributed by atoms with Crippen LogP contribution in [0.1, 0.15) is 42.4 Å². The van der Waals surface area contributed by atoms with Gasteiger partial charge in [-0.3, -0.25) is 4.79 Å². The summed E-state index contributed by atoms with van der Waals surface area (Å²) < 4.78 is 46.9. The highest BCUT2D eigenvalue weighted by Gasteiger charge is 2.50. The van der Waals surface area contributed by atoms with Gasteiger partial charge in [-0.15, -0.1) is 0 Å². The van der Waals surface area contributed by atoms with Crippen LogP contribution in [0, 0.1) is 36.9 Å². The summed E-state index contributed by atoms with van der Waals surface area (Å²) in [6, 6.07) is 11.7. The van der Waals surface area contributed by atoms with Crippen LogP contribution in [-0.2, 0) is 26.0 Å². The second-order valence-electron chi connectivity index (χ2n) is 9.24. The van der Waals surface area contributed by atoms with Gasteiger partial charge >= 0.3 is 0 Å². The van der Waals surface area contributed by atoms with Crippen LogP contribution < -0.4 is 5.32 Å². The largest absolute Gasteiger partial charge is 0.373 e. The molecular formula is C25H26ClFN2O4S. The fraction of sp³-hybridized carbons (Fsp3) is 0.440. The van der Waals surface area contributed by atoms with Crippen molar-refractivity contribution >= 4 is 27.3 Å². The van der Waals surface area contributed by atoms with Crippen LogP contribution in [0.25, 0.3) is 0 Å². The summed E-state index contributed by atoms with van der Waals surface area (Å²) in [5, 5.41) is 11.4. The fourth-order valence-corrected chi connectivity index (χ4v) is 6.75. The second-order valence-corrected chi connectivity index (χ2v) is 11.8. The van der Waals surface area contributed by atoms with Gasteiger partial charge in [0.1, 0.15) is 11.4 Å². The van der Waals surface area contributed by atoms with Gasteiger partial charge in [-0.1, -0.05) is 29.8 Å². The molecule has 1 N–H and O–H groups in total. The molecule has 0 saturated heterocycles. The van der Waals surface area contributed by atoms with E-state index in [0.29, 0.717) is 24.0 Å². The van der Waals surface area contributed by atoms with E-state index in [9.17, 15) is 22.9 Å². The first-order chi connectivity index (χ1) is 16.1. The Balaban J connectivity index is 1.58. The van der Waals surface area contributed by atoms with Crippen molar-refractivity contribution in [3.05, 3.63) is 63.9 Å². The van der Waals surface area contributed by atoms with Gasteiger partial charge in [0.25, 0.3) is 0 Å². The van der Waals surface area contributed by atoms with Gasteiger partial charge in [-0.2, -0.15) is 5.26 Å². The van der Waals surface area contributed by atoms with E-state index in [1.807, 2.05) is 0 Å². The third-order valence-corrected chi connectivity index (χ3v) is 9.42. The maximum absolute atomic E-state index is 14.0. The number of aryl methyl sites for hydroxylation is 2. The van der Waals surface area contributed by atoms with Crippen molar-refractivity contribution in [2.45, 2.75) is 67.9 Å². The van der Waals surface area contributed by atoms with E-state index in [0.717, 1.165) is 5.56 Å². The number of halogens is 2. The minimum Gasteiger partial charge on any atom is -0.373 e. The number of benzene rings is 2. The molecule has 2 aliphatic rings. The van der Waals surface area contributed by atoms with Crippen molar-refractivity contribution in [2.75, 3.05) is 0 Å². The van der Waals surface area contributed by atoms with E-state index in [1.165, 1.54) is 12.1 Å². The lowest BCUT2D eigenvalue weighted by atomic mass is 10.0. The quantitative estimate of drug-likeness (QED) is 0.602. The Labute approximate surface area is 204 Å². The lowest BCUT2D eigenvalue weighted by Gasteiger charge is -2.21. The Morgan fingerprint density at radius 1 is 1.24 bits per heavy atom. The number of amides is 1. The number of hydrogen-bond donors (Lipinski definition) is 1. The van der Waals surface area contributed by atoms with E-state index in [-0.39, 0.29) is 35.3 Å². The van der Waals surface area contributed by atoms with Crippen LogP contribution in [0.2, 0.25) is 5.02 Å². The summed E-state index contributed by atoms with van der Waals surface area (Å²) in [4.78, 5) is 13.4. The van der Waals surface area contributed by atoms with Gasteiger partial charge in [0.05, 0.1) is 39.9 Å². The smallest absolute Gasteiger partial charge is 0.227 e. The SMILES string of the molecule is Cc1cc(Cl)c(F)cc1CO[C@@H]1C[C@H](S(=O)(=O)c2ccccc2C)C[C@H]1C(=O)NC1(C#N)CC1. The Kier molecular flexibility index (Phi) is 6.74. The maximum atomic E-state index is 14.0. The molecule has 2 aliphatic carbocycles. The topological polar surface area (TPSA) is 96.3 Å². The Morgan fingerprint density at radius 3 is 2.59 bits per heavy atom. The number of hydrogen-bond acceptors (Lipinski definition) is 5. The number of carbonyl (C=O) groups is 1. The van der Waals surface area contributed by atoms with Gasteiger partial charge in [0.15, 0.2) is 9.84 Å². The molecule has 2 saturated carbocycles. The van der Waals surface area contributed by atoms with Gasteiger partial charge < -0.3 is 10.1 Å². The highest BCUT2D eigenvalue weighted by Crippen LogP contribution is 2.40. The minimum absolute atomic E-state index is 0.00882. The number of nitrogens with one attached hydrogen (secondary N) is 1. The molecule has 0 bridgehead atoms. The number of sulfone groups is 1. The van der Waals surface area contributed by atoms with Crippen LogP contribution >= 0.6 is 11.6 Å². The average molecular weight is 505 g/mol. The molecule has 2 fully saturated rings. The first kappa shape index (κ1) is 24.6. The molecular weight excluding hydrogens is 479 g/mol. The highest BCUT2D eigenvalue weighted by molar-refractivity contribution is 7.92. The van der Waals surface area contributed by atoms with Gasteiger partial charge in [-0.25, -0.2) is 12.8 Å². The summed E-state index contributed by atoms with van der Waals surface area (Å²) in [5.74, 6) is -1.70. The molecule has 0 spiro atoms. The Hall–Kier alpha value is -2.47. The Bertz CT molecular complexity index is 1270. The van der Waals surface area contributed by atoms with E-state index in [1.54, 1.807) is 38.1 Å². The zero-order valence-electron chi connectivity index (χ0n) is 19.0. The van der Waals surface area contributed by atoms with Crippen molar-refractivity contribution < 1.29 is 22.3 Å². The first-order valence-corrected chi connectivity index (χ1v) is 13.1. The Morgan fingerprint density at radius 2 is 1.94 bits per heavy atom. The summed E-state index contributed by atoms with van der Waals surface area (Å²) >= 11 is 5.84. The minimum atomic E-state index is -3.71. The third-order valence-electron chi connectivity index (χ3n) is 6.79. The number of rotatable bonds is 7. The van der Waals surface area contributed by atoms with Gasteiger partial charge in [-0.05, 0) is 74.4 Å². The maximum Gasteiger partial charge on any atom is 0.227 e. The fourth-order valence-electron chi connectivity index (χ4n) is 4.48. The molecule has 3 atom stereocenters. The van der Waals surface area contributed by atoms with E-state index >= 15 is 0 Å². The number of ether oxygens (including phenoxy) is 1. The van der Waals surface area contributed by atoms with Crippen LogP contribution in [0.15, 0.2) is 41.3 Å². The molecule has 0 heterocycles. The molecule has 0 aromatic heterocycles. The van der Waals surface area contributed by atoms with Crippen molar-refractivity contribution in [2.24, 2.45) is 5.92 Å². The molecule has 0 radical (unpaired) electrons. The molecule has 1 amide bonds. The van der Waals surface area contributed by atoms with E-state index in [2.05, 4.69) is 11.4 Å². The number of nitriles is 1. The molecule has 6 nitrogen and oxygen atoms in total. The van der Waals surface area contributed by atoms with Crippen molar-refractivity contribution in [3.8, 4) is 6.07 Å². The summed E-state index contributed by atoms with van der Waals surface area (Å²) in [6.07, 6.45) is 0.659. The van der Waals surface area contributed by atoms with Crippen LogP contribution in [0.5, 0.6) is 0 Å². The monoisotopic (exact) mass is 504 g/mol. The standard InChI is InChI=1S/C25H26ClFN2O4S/c1-15-5-3-4-6-23(15)34(31,32)18-11-19(24(30)29-25(14-28)7-8-25)22(12-18)33-13-17-10-21(27)20(26)9-16(17)2/h3-6,9-10,18-19,22H,7-8,11-13H2,1-2H3,(H,29,30)/t18-,19-,22-/m1/s1. The summed E-state index contributed by atoms with van der Waals surface area (Å²) in [7, 11) is -3.71. The predicted octanol–water partition coefficient (Wildman–Crippen LogP) is 4.41. The predicted molar refractivity (Wildman–Crippen MR) is 125 cm³/mol. The van der Waals surface area contributed by atoms with Crippen LogP contribution in [0.3, 0.4) is 0 Å². The zero-order valence-corrected chi connectivity index (χ0v) is 20.5. The molecule has 180 valence electrons. The van der Waals surface area contributed by atoms with Crippen LogP contribution in [-0.4, -0.2) is 31.2 Å². The van der Waals surface area contributed by atoms with Crippen molar-refractivity contribution in [1.82, 2.24) is 5.32 Å². The normalized spacial score (nSPS) is 23.3. The lowest BCUT2D eigenvalue weighted by Crippen LogP contribution is -2.42. The molecule has 9 heteroatoms. The molecule has 2 aromatic rings. The van der Waals surface area contributed by atoms with E-state index < -0.39 is 38.5 Å². The third kappa shape index (κ3) is 4.83. The molecule has 4 rings (SSSR count). The number of carbonyl (C=O) groups excluding carboxylic acids is 1. The van der Waals surface area contributed by atoms with Gasteiger partial charge in [0.2, 0.25) is 5.91 Å². The highest BCUT2D eigenvalue weighted by atomic mass is 35.5. The van der Waals surface area contributed by atoms with E-state index in [4.69, 9.17) is 16.3 Å². The second kappa shape index (κ2) is 9.29. The van der Waals surface area contributed by atoms with Crippen LogP contribution in [0.4, 0.5) is 4.39 Å². The average Bonchev–Trinajstić information content (AvgIpc) is 3.42. The molecule has 2 aromatic carbocycles. The number of nitrogens with zero attached hydrogens (tertiary/aromatic N) is 1.